The lowest BCUT2D eigenvalue weighted by Crippen LogP contribution is -2.36. The molecule has 1 heterocycles. The predicted octanol–water partition coefficient (Wildman–Crippen LogP) is 4.48. The molecule has 1 aliphatic heterocycles. The van der Waals surface area contributed by atoms with Gasteiger partial charge in [-0.25, -0.2) is 0 Å². The fourth-order valence-electron chi connectivity index (χ4n) is 2.58. The molecule has 25 heavy (non-hydrogen) atoms. The van der Waals surface area contributed by atoms with Gasteiger partial charge in [-0.1, -0.05) is 35.3 Å². The number of carbonyl (C=O) groups excluding carboxylic acids is 1. The van der Waals surface area contributed by atoms with Crippen LogP contribution in [0.2, 0.25) is 10.0 Å². The van der Waals surface area contributed by atoms with E-state index in [0.29, 0.717) is 28.9 Å². The Balaban J connectivity index is 1.63. The van der Waals surface area contributed by atoms with Gasteiger partial charge in [-0.2, -0.15) is 0 Å². The Kier molecular flexibility index (Phi) is 5.97. The van der Waals surface area contributed by atoms with Crippen molar-refractivity contribution in [2.45, 2.75) is 0 Å². The molecule has 0 unspecified atom stereocenters. The van der Waals surface area contributed by atoms with Crippen LogP contribution in [0.3, 0.4) is 0 Å². The lowest BCUT2D eigenvalue weighted by Gasteiger charge is -2.29. The first-order chi connectivity index (χ1) is 12.1. The second-order valence-corrected chi connectivity index (χ2v) is 6.48. The van der Waals surface area contributed by atoms with Crippen molar-refractivity contribution in [2.24, 2.45) is 0 Å². The molecular formula is C19H18Cl2N2O2. The van der Waals surface area contributed by atoms with Crippen LogP contribution in [0.5, 0.6) is 0 Å². The predicted molar refractivity (Wildman–Crippen MR) is 104 cm³/mol. The molecule has 130 valence electrons. The number of anilines is 2. The zero-order chi connectivity index (χ0) is 17.6. The molecule has 6 heteroatoms. The van der Waals surface area contributed by atoms with Crippen molar-refractivity contribution in [1.82, 2.24) is 0 Å². The molecule has 0 bridgehead atoms. The summed E-state index contributed by atoms with van der Waals surface area (Å²) < 4.78 is 5.35. The Bertz CT molecular complexity index is 769. The summed E-state index contributed by atoms with van der Waals surface area (Å²) in [5.74, 6) is -0.217. The minimum atomic E-state index is -0.217. The third-order valence-corrected chi connectivity index (χ3v) is 4.42. The number of halogens is 2. The molecule has 1 saturated heterocycles. The summed E-state index contributed by atoms with van der Waals surface area (Å²) in [4.78, 5) is 14.2. The maximum Gasteiger partial charge on any atom is 0.248 e. The maximum absolute atomic E-state index is 12.1. The molecule has 1 amide bonds. The molecule has 0 radical (unpaired) electrons. The SMILES string of the molecule is O=C(/C=C/c1ccc(Cl)cc1)Nc1ccc(N2CCOCC2)c(Cl)c1. The van der Waals surface area contributed by atoms with Gasteiger partial charge in [-0.15, -0.1) is 0 Å². The van der Waals surface area contributed by atoms with Gasteiger partial charge in [0.15, 0.2) is 0 Å². The first kappa shape index (κ1) is 17.8. The molecular weight excluding hydrogens is 359 g/mol. The Labute approximate surface area is 157 Å². The van der Waals surface area contributed by atoms with E-state index in [4.69, 9.17) is 27.9 Å². The standard InChI is InChI=1S/C19H18Cl2N2O2/c20-15-4-1-14(2-5-15)3-8-19(24)22-16-6-7-18(17(21)13-16)23-9-11-25-12-10-23/h1-8,13H,9-12H2,(H,22,24)/b8-3+. The number of rotatable bonds is 4. The number of hydrogen-bond donors (Lipinski definition) is 1. The van der Waals surface area contributed by atoms with Gasteiger partial charge >= 0.3 is 0 Å². The molecule has 1 aliphatic rings. The van der Waals surface area contributed by atoms with Crippen molar-refractivity contribution in [3.8, 4) is 0 Å². The summed E-state index contributed by atoms with van der Waals surface area (Å²) in [5.41, 5.74) is 2.52. The third kappa shape index (κ3) is 4.98. The maximum atomic E-state index is 12.1. The van der Waals surface area contributed by atoms with Crippen molar-refractivity contribution in [3.63, 3.8) is 0 Å². The molecule has 0 aromatic heterocycles. The van der Waals surface area contributed by atoms with Gasteiger partial charge in [0.2, 0.25) is 5.91 Å². The summed E-state index contributed by atoms with van der Waals surface area (Å²) in [6.07, 6.45) is 3.21. The van der Waals surface area contributed by atoms with E-state index in [1.165, 1.54) is 6.08 Å². The molecule has 0 atom stereocenters. The normalized spacial score (nSPS) is 14.7. The minimum Gasteiger partial charge on any atom is -0.378 e. The largest absolute Gasteiger partial charge is 0.378 e. The van der Waals surface area contributed by atoms with Gasteiger partial charge in [0.25, 0.3) is 0 Å². The average Bonchev–Trinajstić information content (AvgIpc) is 2.62. The van der Waals surface area contributed by atoms with E-state index < -0.39 is 0 Å². The number of carbonyl (C=O) groups is 1. The monoisotopic (exact) mass is 376 g/mol. The van der Waals surface area contributed by atoms with Crippen LogP contribution in [-0.2, 0) is 9.53 Å². The number of ether oxygens (including phenoxy) is 1. The highest BCUT2D eigenvalue weighted by Crippen LogP contribution is 2.29. The smallest absolute Gasteiger partial charge is 0.248 e. The number of nitrogens with one attached hydrogen (secondary N) is 1. The summed E-state index contributed by atoms with van der Waals surface area (Å²) in [6.45, 7) is 3.03. The molecule has 2 aromatic rings. The summed E-state index contributed by atoms with van der Waals surface area (Å²) in [7, 11) is 0. The van der Waals surface area contributed by atoms with Gasteiger partial charge in [0.05, 0.1) is 23.9 Å². The number of morpholine rings is 1. The van der Waals surface area contributed by atoms with Gasteiger partial charge in [0.1, 0.15) is 0 Å². The molecule has 4 nitrogen and oxygen atoms in total. The zero-order valence-electron chi connectivity index (χ0n) is 13.5. The topological polar surface area (TPSA) is 41.6 Å². The highest BCUT2D eigenvalue weighted by Gasteiger charge is 2.14. The zero-order valence-corrected chi connectivity index (χ0v) is 15.1. The van der Waals surface area contributed by atoms with Crippen LogP contribution in [0, 0.1) is 0 Å². The van der Waals surface area contributed by atoms with E-state index >= 15 is 0 Å². The Hall–Kier alpha value is -2.01. The lowest BCUT2D eigenvalue weighted by molar-refractivity contribution is -0.111. The molecule has 1 N–H and O–H groups in total. The van der Waals surface area contributed by atoms with Crippen molar-refractivity contribution < 1.29 is 9.53 Å². The number of amides is 1. The van der Waals surface area contributed by atoms with E-state index in [0.717, 1.165) is 24.3 Å². The fraction of sp³-hybridized carbons (Fsp3) is 0.211. The van der Waals surface area contributed by atoms with Crippen LogP contribution in [0.25, 0.3) is 6.08 Å². The van der Waals surface area contributed by atoms with Crippen LogP contribution in [-0.4, -0.2) is 32.2 Å². The van der Waals surface area contributed by atoms with Gasteiger partial charge in [-0.05, 0) is 42.0 Å². The Morgan fingerprint density at radius 1 is 1.08 bits per heavy atom. The van der Waals surface area contributed by atoms with Crippen molar-refractivity contribution in [1.29, 1.82) is 0 Å². The van der Waals surface area contributed by atoms with E-state index in [1.54, 1.807) is 24.3 Å². The van der Waals surface area contributed by atoms with Crippen molar-refractivity contribution >= 4 is 46.6 Å². The van der Waals surface area contributed by atoms with Gasteiger partial charge in [-0.3, -0.25) is 4.79 Å². The first-order valence-corrected chi connectivity index (χ1v) is 8.74. The highest BCUT2D eigenvalue weighted by molar-refractivity contribution is 6.33. The van der Waals surface area contributed by atoms with Crippen LogP contribution in [0.1, 0.15) is 5.56 Å². The quantitative estimate of drug-likeness (QED) is 0.799. The first-order valence-electron chi connectivity index (χ1n) is 7.99. The lowest BCUT2D eigenvalue weighted by atomic mass is 10.2. The van der Waals surface area contributed by atoms with E-state index in [9.17, 15) is 4.79 Å². The number of nitrogens with zero attached hydrogens (tertiary/aromatic N) is 1. The second-order valence-electron chi connectivity index (χ2n) is 5.64. The van der Waals surface area contributed by atoms with Crippen LogP contribution >= 0.6 is 23.2 Å². The van der Waals surface area contributed by atoms with E-state index in [-0.39, 0.29) is 5.91 Å². The van der Waals surface area contributed by atoms with Crippen LogP contribution in [0.4, 0.5) is 11.4 Å². The Morgan fingerprint density at radius 3 is 2.48 bits per heavy atom. The van der Waals surface area contributed by atoms with Crippen LogP contribution < -0.4 is 10.2 Å². The molecule has 1 fully saturated rings. The minimum absolute atomic E-state index is 0.217. The summed E-state index contributed by atoms with van der Waals surface area (Å²) in [6, 6.07) is 12.8. The molecule has 0 aliphatic carbocycles. The highest BCUT2D eigenvalue weighted by atomic mass is 35.5. The summed E-state index contributed by atoms with van der Waals surface area (Å²) in [5, 5.41) is 4.09. The average molecular weight is 377 g/mol. The molecule has 3 rings (SSSR count). The Morgan fingerprint density at radius 2 is 1.80 bits per heavy atom. The van der Waals surface area contributed by atoms with Gasteiger partial charge in [0, 0.05) is 29.9 Å². The molecule has 2 aromatic carbocycles. The van der Waals surface area contributed by atoms with E-state index in [2.05, 4.69) is 10.2 Å². The van der Waals surface area contributed by atoms with Gasteiger partial charge < -0.3 is 15.0 Å². The van der Waals surface area contributed by atoms with Crippen molar-refractivity contribution in [3.05, 3.63) is 64.1 Å². The molecule has 0 saturated carbocycles. The second kappa shape index (κ2) is 8.39. The van der Waals surface area contributed by atoms with E-state index in [1.807, 2.05) is 24.3 Å². The van der Waals surface area contributed by atoms with Crippen molar-refractivity contribution in [2.75, 3.05) is 36.5 Å². The third-order valence-electron chi connectivity index (χ3n) is 3.86. The number of benzene rings is 2. The fourth-order valence-corrected chi connectivity index (χ4v) is 3.00. The van der Waals surface area contributed by atoms with Crippen LogP contribution in [0.15, 0.2) is 48.5 Å². The molecule has 0 spiro atoms. The number of hydrogen-bond acceptors (Lipinski definition) is 3. The summed E-state index contributed by atoms with van der Waals surface area (Å²) >= 11 is 12.2.